The summed E-state index contributed by atoms with van der Waals surface area (Å²) in [7, 11) is -4.34. The van der Waals surface area contributed by atoms with E-state index in [-0.39, 0.29) is 30.8 Å². The quantitative estimate of drug-likeness (QED) is 0.197. The zero-order valence-corrected chi connectivity index (χ0v) is 23.5. The maximum absolute atomic E-state index is 12.1. The summed E-state index contributed by atoms with van der Waals surface area (Å²) in [6.45, 7) is 7.98. The third-order valence-electron chi connectivity index (χ3n) is 6.68. The van der Waals surface area contributed by atoms with Crippen molar-refractivity contribution >= 4 is 19.0 Å². The molecular weight excluding hydrogens is 483 g/mol. The van der Waals surface area contributed by atoms with Crippen LogP contribution in [-0.2, 0) is 4.75 Å². The molecule has 0 unspecified atom stereocenters. The van der Waals surface area contributed by atoms with Crippen LogP contribution in [0.4, 0.5) is 0 Å². The Morgan fingerprint density at radius 2 is 1.14 bits per heavy atom. The molecule has 0 atom stereocenters. The van der Waals surface area contributed by atoms with Crippen molar-refractivity contribution in [2.75, 3.05) is 18.1 Å². The fourth-order valence-corrected chi connectivity index (χ4v) is 11.9. The second kappa shape index (κ2) is 11.9. The molecule has 3 aromatic carbocycles. The molecule has 0 heterocycles. The van der Waals surface area contributed by atoms with Crippen molar-refractivity contribution in [3.05, 3.63) is 108 Å². The van der Waals surface area contributed by atoms with Gasteiger partial charge in [-0.15, -0.1) is 0 Å². The van der Waals surface area contributed by atoms with Crippen LogP contribution in [0.1, 0.15) is 50.8 Å². The summed E-state index contributed by atoms with van der Waals surface area (Å²) < 4.78 is 1.35. The van der Waals surface area contributed by atoms with Gasteiger partial charge in [0, 0.05) is 0 Å². The van der Waals surface area contributed by atoms with E-state index in [0.717, 1.165) is 16.7 Å². The Hall–Kier alpha value is -2.19. The fourth-order valence-electron chi connectivity index (χ4n) is 5.44. The van der Waals surface area contributed by atoms with Gasteiger partial charge in [-0.3, -0.25) is 0 Å². The zero-order valence-electron chi connectivity index (χ0n) is 21.8. The molecule has 3 rings (SSSR count). The first-order valence-corrected chi connectivity index (χ1v) is 16.1. The molecule has 0 spiro atoms. The van der Waals surface area contributed by atoms with E-state index in [1.54, 1.807) is 11.8 Å². The van der Waals surface area contributed by atoms with Crippen molar-refractivity contribution in [3.63, 3.8) is 0 Å². The molecule has 2 N–H and O–H groups in total. The van der Waals surface area contributed by atoms with Crippen molar-refractivity contribution in [1.29, 1.82) is 5.26 Å². The van der Waals surface area contributed by atoms with Crippen LogP contribution in [0.5, 0.6) is 0 Å². The van der Waals surface area contributed by atoms with Crippen molar-refractivity contribution in [2.45, 2.75) is 50.9 Å². The average Bonchev–Trinajstić information content (AvgIpc) is 2.87. The minimum atomic E-state index is -4.34. The van der Waals surface area contributed by atoms with E-state index in [0.29, 0.717) is 5.75 Å². The van der Waals surface area contributed by atoms with E-state index in [1.165, 1.54) is 0 Å². The van der Waals surface area contributed by atoms with Crippen LogP contribution < -0.4 is 0 Å². The van der Waals surface area contributed by atoms with Crippen molar-refractivity contribution in [1.82, 2.24) is 4.67 Å². The van der Waals surface area contributed by atoms with Gasteiger partial charge in [-0.2, -0.15) is 0 Å². The number of nitriles is 1. The van der Waals surface area contributed by atoms with Gasteiger partial charge in [-0.05, 0) is 0 Å². The third kappa shape index (κ3) is 6.02. The average molecular weight is 523 g/mol. The first-order chi connectivity index (χ1) is 17.1. The summed E-state index contributed by atoms with van der Waals surface area (Å²) in [5.41, 5.74) is 3.43. The van der Waals surface area contributed by atoms with Gasteiger partial charge in [0.2, 0.25) is 0 Å². The number of benzene rings is 3. The van der Waals surface area contributed by atoms with Crippen molar-refractivity contribution in [3.8, 4) is 6.07 Å². The molecule has 0 saturated carbocycles. The first-order valence-electron chi connectivity index (χ1n) is 12.6. The number of rotatable bonds is 12. The summed E-state index contributed by atoms with van der Waals surface area (Å²) in [6.07, 6.45) is 0.434. The summed E-state index contributed by atoms with van der Waals surface area (Å²) in [4.78, 5) is 24.1. The van der Waals surface area contributed by atoms with E-state index >= 15 is 0 Å². The Morgan fingerprint density at radius 3 is 1.47 bits per heavy atom. The number of hydrogen-bond acceptors (Lipinski definition) is 5. The molecule has 0 radical (unpaired) electrons. The monoisotopic (exact) mass is 522 g/mol. The van der Waals surface area contributed by atoms with Crippen LogP contribution in [0, 0.1) is 11.3 Å². The number of nitrogens with zero attached hydrogens (tertiary/aromatic N) is 2. The van der Waals surface area contributed by atoms with Crippen molar-refractivity contribution in [2.24, 2.45) is 0 Å². The Labute approximate surface area is 221 Å². The zero-order chi connectivity index (χ0) is 26.3. The summed E-state index contributed by atoms with van der Waals surface area (Å²) in [5, 5.41) is 9.33. The van der Waals surface area contributed by atoms with Crippen molar-refractivity contribution < 1.29 is 9.79 Å². The number of hydrogen-bond donors (Lipinski definition) is 2. The standard InChI is InChI=1S/C30H39N2O2PS/c1-25(2)32(26(3)4)35(33,34,22-14-21-31)23-24-36-30(27-15-8-5-9-16-27,28-17-10-6-11-18-28)29-19-12-7-13-20-29/h5-13,15-20,25-26,33-34H,14,22-24H2,1-4H3. The Kier molecular flexibility index (Phi) is 9.39. The molecule has 3 aromatic rings. The molecule has 36 heavy (non-hydrogen) atoms. The molecule has 192 valence electrons. The number of thioether (sulfide) groups is 1. The van der Waals surface area contributed by atoms with Gasteiger partial charge in [-0.1, -0.05) is 0 Å². The topological polar surface area (TPSA) is 67.5 Å². The van der Waals surface area contributed by atoms with E-state index in [9.17, 15) is 15.0 Å². The van der Waals surface area contributed by atoms with E-state index in [2.05, 4.69) is 78.9 Å². The maximum atomic E-state index is 12.1. The van der Waals surface area contributed by atoms with Gasteiger partial charge in [0.1, 0.15) is 0 Å². The van der Waals surface area contributed by atoms with Gasteiger partial charge >= 0.3 is 221 Å². The molecule has 4 nitrogen and oxygen atoms in total. The van der Waals surface area contributed by atoms with E-state index in [1.807, 2.05) is 50.6 Å². The fraction of sp³-hybridized carbons (Fsp3) is 0.367. The van der Waals surface area contributed by atoms with E-state index < -0.39 is 12.0 Å². The first kappa shape index (κ1) is 28.4. The van der Waals surface area contributed by atoms with Gasteiger partial charge in [0.05, 0.1) is 0 Å². The van der Waals surface area contributed by atoms with Crippen LogP contribution in [0.15, 0.2) is 91.0 Å². The molecule has 6 heteroatoms. The Morgan fingerprint density at radius 1 is 0.750 bits per heavy atom. The molecule has 0 aromatic heterocycles. The predicted octanol–water partition coefficient (Wildman–Crippen LogP) is 7.03. The minimum absolute atomic E-state index is 0.0523. The van der Waals surface area contributed by atoms with Gasteiger partial charge < -0.3 is 0 Å². The summed E-state index contributed by atoms with van der Waals surface area (Å²) in [6, 6.07) is 33.3. The third-order valence-corrected chi connectivity index (χ3v) is 12.8. The summed E-state index contributed by atoms with van der Waals surface area (Å²) >= 11 is 1.73. The van der Waals surface area contributed by atoms with Gasteiger partial charge in [0.15, 0.2) is 0 Å². The SMILES string of the molecule is CC(C)N(C(C)C)P(O)(O)(CCC#N)CCSC(c1ccccc1)(c1ccccc1)c1ccccc1. The Balaban J connectivity index is 2.10. The summed E-state index contributed by atoms with van der Waals surface area (Å²) in [5.74, 6) is 0.519. The van der Waals surface area contributed by atoms with Crippen LogP contribution in [0.2, 0.25) is 0 Å². The second-order valence-electron chi connectivity index (χ2n) is 9.89. The second-order valence-corrected chi connectivity index (χ2v) is 15.2. The van der Waals surface area contributed by atoms with Gasteiger partial charge in [0.25, 0.3) is 0 Å². The molecule has 0 aliphatic heterocycles. The molecule has 0 bridgehead atoms. The normalized spacial score (nSPS) is 13.5. The molecule has 0 amide bonds. The van der Waals surface area contributed by atoms with Crippen LogP contribution in [0.25, 0.3) is 0 Å². The molecule has 0 aliphatic rings. The molecule has 0 aliphatic carbocycles. The van der Waals surface area contributed by atoms with Crippen LogP contribution >= 0.6 is 19.0 Å². The molecule has 0 saturated heterocycles. The predicted molar refractivity (Wildman–Crippen MR) is 155 cm³/mol. The molecular formula is C30H39N2O2PS. The van der Waals surface area contributed by atoms with Crippen LogP contribution in [-0.4, -0.2) is 44.6 Å². The molecule has 0 fully saturated rings. The van der Waals surface area contributed by atoms with Gasteiger partial charge in [-0.25, -0.2) is 0 Å². The Bertz CT molecular complexity index is 1030. The van der Waals surface area contributed by atoms with E-state index in [4.69, 9.17) is 0 Å². The van der Waals surface area contributed by atoms with Crippen LogP contribution in [0.3, 0.4) is 0 Å².